The number of carbonyl (C=O) groups is 2. The first-order valence-electron chi connectivity index (χ1n) is 12.0. The number of imidazole rings is 1. The molecule has 9 nitrogen and oxygen atoms in total. The number of aliphatic hydroxyl groups is 1. The molecule has 0 bridgehead atoms. The van der Waals surface area contributed by atoms with Crippen LogP contribution in [-0.4, -0.2) is 54.1 Å². The first-order chi connectivity index (χ1) is 18.3. The number of aliphatic hydroxyl groups excluding tert-OH is 1. The van der Waals surface area contributed by atoms with Gasteiger partial charge in [0.25, 0.3) is 5.78 Å². The number of aromatic amines is 1. The Hall–Kier alpha value is -4.86. The van der Waals surface area contributed by atoms with E-state index in [4.69, 9.17) is 9.47 Å². The topological polar surface area (TPSA) is 108 Å². The summed E-state index contributed by atoms with van der Waals surface area (Å²) in [5, 5.41) is 11.4. The number of rotatable bonds is 4. The fraction of sp³-hybridized carbons (Fsp3) is 0.179. The Balaban J connectivity index is 1.53. The number of ketones is 1. The van der Waals surface area contributed by atoms with Crippen LogP contribution in [0, 0.1) is 5.82 Å². The maximum atomic E-state index is 13.8. The van der Waals surface area contributed by atoms with Gasteiger partial charge in [0.15, 0.2) is 11.5 Å². The van der Waals surface area contributed by atoms with E-state index in [1.54, 1.807) is 30.3 Å². The molecule has 3 aromatic carbocycles. The van der Waals surface area contributed by atoms with Crippen LogP contribution in [0.4, 0.5) is 16.0 Å². The van der Waals surface area contributed by atoms with Crippen molar-refractivity contribution in [3.63, 3.8) is 0 Å². The number of hydrogen-bond donors (Lipinski definition) is 2. The molecule has 6 rings (SSSR count). The van der Waals surface area contributed by atoms with Gasteiger partial charge in [0.1, 0.15) is 24.8 Å². The highest BCUT2D eigenvalue weighted by atomic mass is 19.1. The van der Waals surface area contributed by atoms with Crippen LogP contribution in [0.2, 0.25) is 0 Å². The van der Waals surface area contributed by atoms with Crippen molar-refractivity contribution in [3.05, 3.63) is 83.2 Å². The zero-order valence-electron chi connectivity index (χ0n) is 20.6. The lowest BCUT2D eigenvalue weighted by molar-refractivity contribution is -0.132. The Bertz CT molecular complexity index is 1630. The smallest absolute Gasteiger partial charge is 0.302 e. The third-order valence-corrected chi connectivity index (χ3v) is 6.64. The zero-order chi connectivity index (χ0) is 26.6. The van der Waals surface area contributed by atoms with Gasteiger partial charge in [0, 0.05) is 25.3 Å². The Morgan fingerprint density at radius 2 is 1.76 bits per heavy atom. The largest absolute Gasteiger partial charge is 0.507 e. The van der Waals surface area contributed by atoms with Gasteiger partial charge in [-0.25, -0.2) is 9.37 Å². The Kier molecular flexibility index (Phi) is 5.52. The summed E-state index contributed by atoms with van der Waals surface area (Å²) in [4.78, 5) is 37.4. The molecule has 2 N–H and O–H groups in total. The number of anilines is 2. The van der Waals surface area contributed by atoms with Crippen LogP contribution >= 0.6 is 0 Å². The van der Waals surface area contributed by atoms with Crippen molar-refractivity contribution in [1.82, 2.24) is 9.97 Å². The van der Waals surface area contributed by atoms with Crippen LogP contribution < -0.4 is 19.3 Å². The molecule has 1 saturated heterocycles. The number of benzene rings is 3. The molecule has 1 fully saturated rings. The summed E-state index contributed by atoms with van der Waals surface area (Å²) in [6.07, 6.45) is 0. The molecule has 38 heavy (non-hydrogen) atoms. The Labute approximate surface area is 216 Å². The van der Waals surface area contributed by atoms with Crippen LogP contribution in [0.25, 0.3) is 16.8 Å². The summed E-state index contributed by atoms with van der Waals surface area (Å²) in [5.41, 5.74) is 2.49. The number of fused-ring (bicyclic) bond motifs is 2. The average molecular weight is 515 g/mol. The van der Waals surface area contributed by atoms with Crippen molar-refractivity contribution in [3.8, 4) is 11.5 Å². The lowest BCUT2D eigenvalue weighted by Crippen LogP contribution is -2.30. The maximum Gasteiger partial charge on any atom is 0.302 e. The van der Waals surface area contributed by atoms with Gasteiger partial charge >= 0.3 is 5.91 Å². The summed E-state index contributed by atoms with van der Waals surface area (Å²) >= 11 is 0. The second kappa shape index (κ2) is 8.91. The van der Waals surface area contributed by atoms with E-state index in [1.807, 2.05) is 31.1 Å². The second-order valence-corrected chi connectivity index (χ2v) is 9.24. The number of carbonyl (C=O) groups excluding carboxylic acids is 2. The number of ether oxygens (including phenoxy) is 2. The van der Waals surface area contributed by atoms with E-state index in [9.17, 15) is 19.1 Å². The highest BCUT2D eigenvalue weighted by Gasteiger charge is 2.48. The number of hydrogen-bond acceptors (Lipinski definition) is 7. The second-order valence-electron chi connectivity index (χ2n) is 9.24. The van der Waals surface area contributed by atoms with Gasteiger partial charge in [-0.15, -0.1) is 0 Å². The molecule has 1 amide bonds. The van der Waals surface area contributed by atoms with Crippen molar-refractivity contribution in [1.29, 1.82) is 0 Å². The van der Waals surface area contributed by atoms with Gasteiger partial charge in [-0.2, -0.15) is 0 Å². The van der Waals surface area contributed by atoms with E-state index in [0.29, 0.717) is 46.9 Å². The molecule has 1 aromatic heterocycles. The quantitative estimate of drug-likeness (QED) is 0.239. The molecule has 1 atom stereocenters. The van der Waals surface area contributed by atoms with Crippen molar-refractivity contribution in [2.24, 2.45) is 0 Å². The van der Waals surface area contributed by atoms with E-state index in [2.05, 4.69) is 9.97 Å². The van der Waals surface area contributed by atoms with Crippen molar-refractivity contribution in [2.45, 2.75) is 6.04 Å². The number of halogens is 1. The Morgan fingerprint density at radius 3 is 2.50 bits per heavy atom. The molecule has 2 aliphatic rings. The molecular formula is C28H23FN4O5. The minimum Gasteiger partial charge on any atom is -0.507 e. The molecule has 0 radical (unpaired) electrons. The highest BCUT2D eigenvalue weighted by Crippen LogP contribution is 2.43. The average Bonchev–Trinajstić information content (AvgIpc) is 3.45. The van der Waals surface area contributed by atoms with Gasteiger partial charge in [0.05, 0.1) is 22.6 Å². The van der Waals surface area contributed by atoms with E-state index in [1.165, 1.54) is 23.1 Å². The zero-order valence-corrected chi connectivity index (χ0v) is 20.6. The number of amides is 1. The predicted molar refractivity (Wildman–Crippen MR) is 139 cm³/mol. The van der Waals surface area contributed by atoms with Crippen LogP contribution in [0.3, 0.4) is 0 Å². The summed E-state index contributed by atoms with van der Waals surface area (Å²) in [5.74, 6) is -1.54. The van der Waals surface area contributed by atoms with Gasteiger partial charge in [-0.1, -0.05) is 12.1 Å². The predicted octanol–water partition coefficient (Wildman–Crippen LogP) is 4.17. The van der Waals surface area contributed by atoms with Crippen LogP contribution in [-0.2, 0) is 9.59 Å². The molecule has 4 aromatic rings. The van der Waals surface area contributed by atoms with E-state index >= 15 is 0 Å². The van der Waals surface area contributed by atoms with Gasteiger partial charge in [-0.05, 0) is 54.1 Å². The highest BCUT2D eigenvalue weighted by molar-refractivity contribution is 6.51. The minimum atomic E-state index is -0.996. The van der Waals surface area contributed by atoms with Crippen molar-refractivity contribution >= 4 is 40.1 Å². The van der Waals surface area contributed by atoms with Crippen LogP contribution in [0.15, 0.2) is 66.2 Å². The number of Topliss-reactive ketones (excluding diaryl/α,β-unsaturated/α-hetero) is 1. The van der Waals surface area contributed by atoms with Gasteiger partial charge in [-0.3, -0.25) is 14.5 Å². The molecule has 192 valence electrons. The third-order valence-electron chi connectivity index (χ3n) is 6.64. The Morgan fingerprint density at radius 1 is 1.03 bits per heavy atom. The number of nitrogens with zero attached hydrogens (tertiary/aromatic N) is 3. The molecule has 0 spiro atoms. The maximum absolute atomic E-state index is 13.8. The molecule has 0 aliphatic carbocycles. The molecule has 3 heterocycles. The monoisotopic (exact) mass is 514 g/mol. The molecule has 10 heteroatoms. The fourth-order valence-electron chi connectivity index (χ4n) is 4.75. The first kappa shape index (κ1) is 23.5. The summed E-state index contributed by atoms with van der Waals surface area (Å²) in [6, 6.07) is 15.1. The third kappa shape index (κ3) is 3.81. The van der Waals surface area contributed by atoms with Crippen molar-refractivity contribution < 1.29 is 28.6 Å². The SMILES string of the molecule is CN(C)c1ccc(C2/C(=C(\O)c3ccc4c(c3)OCCO4)C(=O)C(=O)N2c2nc3ccc(F)cc3[nH]2)cc1. The number of H-pyrrole nitrogens is 1. The molecule has 0 saturated carbocycles. The molecular weight excluding hydrogens is 491 g/mol. The summed E-state index contributed by atoms with van der Waals surface area (Å²) < 4.78 is 25.0. The lowest BCUT2D eigenvalue weighted by atomic mass is 9.95. The van der Waals surface area contributed by atoms with E-state index < -0.39 is 23.5 Å². The van der Waals surface area contributed by atoms with Crippen LogP contribution in [0.1, 0.15) is 17.2 Å². The van der Waals surface area contributed by atoms with E-state index in [0.717, 1.165) is 5.69 Å². The van der Waals surface area contributed by atoms with Gasteiger partial charge < -0.3 is 24.5 Å². The van der Waals surface area contributed by atoms with Gasteiger partial charge in [0.2, 0.25) is 5.95 Å². The normalized spacial score (nSPS) is 18.3. The standard InChI is InChI=1S/C28H23FN4O5/c1-32(2)18-7-3-15(4-8-18)24-23(25(34)16-5-10-21-22(13-16)38-12-11-37-21)26(35)27(36)33(24)28-30-19-9-6-17(29)14-20(19)31-28/h3-10,13-14,24,34H,11-12H2,1-2H3,(H,30,31)/b25-23+. The first-order valence-corrected chi connectivity index (χ1v) is 12.0. The number of aromatic nitrogens is 2. The fourth-order valence-corrected chi connectivity index (χ4v) is 4.75. The van der Waals surface area contributed by atoms with E-state index in [-0.39, 0.29) is 17.3 Å². The summed E-state index contributed by atoms with van der Waals surface area (Å²) in [7, 11) is 3.80. The molecule has 2 aliphatic heterocycles. The van der Waals surface area contributed by atoms with Crippen molar-refractivity contribution in [2.75, 3.05) is 37.1 Å². The number of nitrogens with one attached hydrogen (secondary N) is 1. The lowest BCUT2D eigenvalue weighted by Gasteiger charge is -2.24. The van der Waals surface area contributed by atoms with Crippen LogP contribution in [0.5, 0.6) is 11.5 Å². The minimum absolute atomic E-state index is 0.0654. The molecule has 1 unspecified atom stereocenters. The summed E-state index contributed by atoms with van der Waals surface area (Å²) in [6.45, 7) is 0.764.